The van der Waals surface area contributed by atoms with Crippen molar-refractivity contribution in [1.29, 1.82) is 0 Å². The Labute approximate surface area is 453 Å². The zero-order valence-corrected chi connectivity index (χ0v) is 45.2. The Bertz CT molecular complexity index is 2200. The number of aromatic nitrogens is 2. The summed E-state index contributed by atoms with van der Waals surface area (Å²) in [5.41, 5.74) is 11.4. The summed E-state index contributed by atoms with van der Waals surface area (Å²) < 4.78 is 0. The van der Waals surface area contributed by atoms with Crippen LogP contribution >= 0.6 is 11.8 Å². The lowest BCUT2D eigenvalue weighted by molar-refractivity contribution is -0.143. The molecule has 440 valence electrons. The number of carbonyl (C=O) groups is 12. The van der Waals surface area contributed by atoms with Crippen molar-refractivity contribution in [3.8, 4) is 0 Å². The number of nitrogens with two attached hydrogens (primary N) is 2. The fraction of sp³-hybridized carbons (Fsp3) is 0.674. The molecule has 1 aromatic heterocycles. The lowest BCUT2D eigenvalue weighted by Crippen LogP contribution is -2.64. The SMILES string of the molecule is CC[C@H](C)[C@H](NC(=O)[C@H](CC(N)=O)NC(=O)[C@@H](NC(=O)[C@@H](NC(=O)[C@H](CC(C)C)NC(=O)[C@H](CO)NC(=O)[C@H](Cc1cnc[nH]1)NC(=O)[C@@H](N)CO)[C@@H](C)O)[C@@H](C)O)C(=O)N[C@@H](CCSC)C(=O)N[C@@H](CCC(=O)O)C(=O)O. The molecule has 78 heavy (non-hydrogen) atoms. The monoisotopic (exact) mass is 1130 g/mol. The number of aliphatic hydroxyl groups is 4. The number of aromatic amines is 1. The van der Waals surface area contributed by atoms with Gasteiger partial charge in [0.1, 0.15) is 60.4 Å². The number of nitrogens with zero attached hydrogens (tertiary/aromatic N) is 1. The van der Waals surface area contributed by atoms with Gasteiger partial charge in [-0.15, -0.1) is 0 Å². The first kappa shape index (κ1) is 69.0. The van der Waals surface area contributed by atoms with Crippen LogP contribution in [0.2, 0.25) is 0 Å². The summed E-state index contributed by atoms with van der Waals surface area (Å²) in [7, 11) is 0. The number of hydrogen-bond acceptors (Lipinski definition) is 19. The number of rotatable bonds is 37. The van der Waals surface area contributed by atoms with Crippen molar-refractivity contribution in [2.24, 2.45) is 23.3 Å². The number of aliphatic carboxylic acids is 2. The number of aliphatic hydroxyl groups excluding tert-OH is 4. The van der Waals surface area contributed by atoms with Gasteiger partial charge < -0.3 is 94.9 Å². The maximum atomic E-state index is 13.9. The number of thioether (sulfide) groups is 1. The molecule has 10 amide bonds. The van der Waals surface area contributed by atoms with Crippen LogP contribution in [-0.2, 0) is 64.0 Å². The highest BCUT2D eigenvalue weighted by Gasteiger charge is 2.39. The highest BCUT2D eigenvalue weighted by atomic mass is 32.2. The van der Waals surface area contributed by atoms with Crippen LogP contribution in [0.4, 0.5) is 0 Å². The Morgan fingerprint density at radius 3 is 1.55 bits per heavy atom. The molecular formula is C46H77N13O18S. The minimum absolute atomic E-state index is 0.0392. The summed E-state index contributed by atoms with van der Waals surface area (Å²) in [5, 5.41) is 80.3. The van der Waals surface area contributed by atoms with Gasteiger partial charge in [-0.2, -0.15) is 11.8 Å². The molecule has 0 aromatic carbocycles. The van der Waals surface area contributed by atoms with Crippen LogP contribution in [0.3, 0.4) is 0 Å². The standard InChI is InChI=1S/C46H77N13O18S/c1-8-21(4)34(43(73)51-26(11-12-78-7)38(68)52-27(46(76)77)9-10-33(65)66)57-41(71)30(15-32(48)64)55-44(74)35(22(5)62)59-45(75)36(23(6)63)58-40(70)28(13-20(2)3)54-42(72)31(18-61)56-39(69)29(14-24-16-49-19-50-24)53-37(67)25(47)17-60/h16,19-23,25-31,34-36,60-63H,8-15,17-18,47H2,1-7H3,(H2,48,64)(H,49,50)(H,51,73)(H,52,68)(H,53,67)(H,54,72)(H,55,74)(H,56,69)(H,57,71)(H,58,70)(H,59,75)(H,65,66)(H,76,77)/t21-,22+,23+,25-,26-,27-,28-,29-,30-,31-,34-,35-,36-/m0/s1. The molecule has 0 spiro atoms. The number of carboxylic acid groups (broad SMARTS) is 2. The van der Waals surface area contributed by atoms with Gasteiger partial charge in [0.05, 0.1) is 38.2 Å². The molecule has 1 aromatic rings. The Hall–Kier alpha value is -7.00. The topological polar surface area (TPSA) is 515 Å². The zero-order chi connectivity index (χ0) is 59.6. The summed E-state index contributed by atoms with van der Waals surface area (Å²) in [5.74, 6) is -14.6. The van der Waals surface area contributed by atoms with Crippen LogP contribution in [-0.4, -0.2) is 209 Å². The van der Waals surface area contributed by atoms with Crippen molar-refractivity contribution in [3.63, 3.8) is 0 Å². The first-order chi connectivity index (χ1) is 36.5. The second-order valence-electron chi connectivity index (χ2n) is 18.8. The summed E-state index contributed by atoms with van der Waals surface area (Å²) in [6.07, 6.45) is -1.31. The number of hydrogen-bond donors (Lipinski definition) is 18. The van der Waals surface area contributed by atoms with Gasteiger partial charge in [0.25, 0.3) is 0 Å². The maximum absolute atomic E-state index is 13.9. The van der Waals surface area contributed by atoms with Gasteiger partial charge in [0.2, 0.25) is 59.1 Å². The van der Waals surface area contributed by atoms with Gasteiger partial charge in [-0.25, -0.2) is 9.78 Å². The Morgan fingerprint density at radius 2 is 1.06 bits per heavy atom. The summed E-state index contributed by atoms with van der Waals surface area (Å²) in [6, 6.07) is -16.4. The van der Waals surface area contributed by atoms with E-state index in [9.17, 15) is 83.1 Å². The van der Waals surface area contributed by atoms with Crippen molar-refractivity contribution >= 4 is 82.8 Å². The first-order valence-corrected chi connectivity index (χ1v) is 26.2. The molecule has 0 aliphatic rings. The van der Waals surface area contributed by atoms with Crippen LogP contribution in [0.25, 0.3) is 0 Å². The van der Waals surface area contributed by atoms with Gasteiger partial charge in [0, 0.05) is 24.7 Å². The largest absolute Gasteiger partial charge is 0.481 e. The number of imidazole rings is 1. The van der Waals surface area contributed by atoms with Crippen molar-refractivity contribution in [2.45, 2.75) is 159 Å². The Kier molecular flexibility index (Phi) is 30.7. The Morgan fingerprint density at radius 1 is 0.603 bits per heavy atom. The van der Waals surface area contributed by atoms with Gasteiger partial charge in [-0.05, 0) is 57.0 Å². The number of nitrogens with one attached hydrogen (secondary N) is 10. The molecular weight excluding hydrogens is 1050 g/mol. The predicted octanol–water partition coefficient (Wildman–Crippen LogP) is -6.94. The van der Waals surface area contributed by atoms with Crippen LogP contribution < -0.4 is 59.3 Å². The molecule has 1 rings (SSSR count). The molecule has 0 aliphatic carbocycles. The van der Waals surface area contributed by atoms with E-state index in [1.165, 1.54) is 24.3 Å². The van der Waals surface area contributed by atoms with Crippen LogP contribution in [0.1, 0.15) is 85.8 Å². The number of carboxylic acids is 2. The highest BCUT2D eigenvalue weighted by Crippen LogP contribution is 2.13. The van der Waals surface area contributed by atoms with Crippen molar-refractivity contribution in [1.82, 2.24) is 57.8 Å². The van der Waals surface area contributed by atoms with E-state index in [-0.39, 0.29) is 37.4 Å². The zero-order valence-electron chi connectivity index (χ0n) is 44.4. The number of amides is 10. The average molecular weight is 1130 g/mol. The van der Waals surface area contributed by atoms with Crippen LogP contribution in [0.5, 0.6) is 0 Å². The number of H-pyrrole nitrogens is 1. The van der Waals surface area contributed by atoms with Crippen LogP contribution in [0, 0.1) is 11.8 Å². The Balaban J connectivity index is 3.37. The average Bonchev–Trinajstić information content (AvgIpc) is 3.88. The van der Waals surface area contributed by atoms with E-state index < -0.39 is 182 Å². The molecule has 0 unspecified atom stereocenters. The van der Waals surface area contributed by atoms with Crippen LogP contribution in [0.15, 0.2) is 12.5 Å². The summed E-state index contributed by atoms with van der Waals surface area (Å²) in [6.45, 7) is 6.84. The third kappa shape index (κ3) is 24.1. The molecule has 31 nitrogen and oxygen atoms in total. The first-order valence-electron chi connectivity index (χ1n) is 24.8. The quantitative estimate of drug-likeness (QED) is 0.0294. The minimum atomic E-state index is -1.99. The number of carbonyl (C=O) groups excluding carboxylic acids is 10. The van der Waals surface area contributed by atoms with E-state index in [4.69, 9.17) is 16.6 Å². The van der Waals surface area contributed by atoms with E-state index in [0.29, 0.717) is 5.69 Å². The lowest BCUT2D eigenvalue weighted by atomic mass is 9.97. The molecule has 0 saturated heterocycles. The van der Waals surface area contributed by atoms with Crippen molar-refractivity contribution in [3.05, 3.63) is 18.2 Å². The fourth-order valence-corrected chi connectivity index (χ4v) is 7.60. The molecule has 32 heteroatoms. The van der Waals surface area contributed by atoms with Gasteiger partial charge >= 0.3 is 11.9 Å². The van der Waals surface area contributed by atoms with E-state index in [0.717, 1.165) is 13.8 Å². The molecule has 20 N–H and O–H groups in total. The maximum Gasteiger partial charge on any atom is 0.326 e. The lowest BCUT2D eigenvalue weighted by Gasteiger charge is -2.30. The van der Waals surface area contributed by atoms with Crippen molar-refractivity contribution < 1.29 is 88.2 Å². The fourth-order valence-electron chi connectivity index (χ4n) is 7.13. The number of primary amides is 1. The smallest absolute Gasteiger partial charge is 0.326 e. The van der Waals surface area contributed by atoms with E-state index in [2.05, 4.69) is 57.8 Å². The molecule has 13 atom stereocenters. The van der Waals surface area contributed by atoms with Crippen molar-refractivity contribution in [2.75, 3.05) is 25.2 Å². The summed E-state index contributed by atoms with van der Waals surface area (Å²) in [4.78, 5) is 164. The van der Waals surface area contributed by atoms with E-state index in [1.54, 1.807) is 34.0 Å². The predicted molar refractivity (Wildman–Crippen MR) is 275 cm³/mol. The normalized spacial score (nSPS) is 16.2. The summed E-state index contributed by atoms with van der Waals surface area (Å²) >= 11 is 1.28. The van der Waals surface area contributed by atoms with Gasteiger partial charge in [-0.3, -0.25) is 52.7 Å². The molecule has 1 heterocycles. The van der Waals surface area contributed by atoms with Gasteiger partial charge in [-0.1, -0.05) is 34.1 Å². The highest BCUT2D eigenvalue weighted by molar-refractivity contribution is 7.98. The molecule has 0 bridgehead atoms. The second kappa shape index (κ2) is 34.7. The van der Waals surface area contributed by atoms with Gasteiger partial charge in [0.15, 0.2) is 0 Å². The third-order valence-corrected chi connectivity index (χ3v) is 12.4. The minimum Gasteiger partial charge on any atom is -0.481 e. The third-order valence-electron chi connectivity index (χ3n) is 11.8. The second-order valence-corrected chi connectivity index (χ2v) is 19.8. The molecule has 0 radical (unpaired) electrons. The molecule has 0 fully saturated rings. The van der Waals surface area contributed by atoms with E-state index >= 15 is 0 Å². The molecule has 0 saturated carbocycles. The van der Waals surface area contributed by atoms with E-state index in [1.807, 2.05) is 0 Å². The molecule has 0 aliphatic heterocycles.